The molecule has 1 nitrogen and oxygen atoms in total. The van der Waals surface area contributed by atoms with E-state index in [-0.39, 0.29) is 5.92 Å². The molecule has 1 aromatic carbocycles. The van der Waals surface area contributed by atoms with E-state index in [2.05, 4.69) is 31.4 Å². The van der Waals surface area contributed by atoms with Gasteiger partial charge in [-0.15, -0.1) is 11.3 Å². The molecule has 19 heavy (non-hydrogen) atoms. The minimum absolute atomic E-state index is 0.0792. The van der Waals surface area contributed by atoms with E-state index < -0.39 is 0 Å². The van der Waals surface area contributed by atoms with Gasteiger partial charge in [0, 0.05) is 16.4 Å². The Morgan fingerprint density at radius 2 is 2.11 bits per heavy atom. The van der Waals surface area contributed by atoms with Crippen LogP contribution in [-0.4, -0.2) is 5.78 Å². The van der Waals surface area contributed by atoms with Crippen LogP contribution in [0.15, 0.2) is 29.6 Å². The summed E-state index contributed by atoms with van der Waals surface area (Å²) >= 11 is 1.80. The number of hydrogen-bond acceptors (Lipinski definition) is 2. The minimum atomic E-state index is 0.0792. The van der Waals surface area contributed by atoms with Gasteiger partial charge in [0.2, 0.25) is 0 Å². The molecule has 0 radical (unpaired) electrons. The summed E-state index contributed by atoms with van der Waals surface area (Å²) < 4.78 is 0. The van der Waals surface area contributed by atoms with Gasteiger partial charge in [0.05, 0.1) is 0 Å². The first kappa shape index (κ1) is 12.6. The van der Waals surface area contributed by atoms with Crippen LogP contribution in [0, 0.1) is 13.8 Å². The number of benzene rings is 1. The topological polar surface area (TPSA) is 17.1 Å². The third kappa shape index (κ3) is 2.14. The number of fused-ring (bicyclic) bond motifs is 1. The summed E-state index contributed by atoms with van der Waals surface area (Å²) in [5.74, 6) is 0.385. The highest BCUT2D eigenvalue weighted by molar-refractivity contribution is 7.10. The van der Waals surface area contributed by atoms with Crippen molar-refractivity contribution in [2.75, 3.05) is 0 Å². The number of ketones is 1. The van der Waals surface area contributed by atoms with Crippen molar-refractivity contribution in [3.63, 3.8) is 0 Å². The Hall–Kier alpha value is -1.41. The molecule has 1 atom stereocenters. The summed E-state index contributed by atoms with van der Waals surface area (Å²) in [7, 11) is 0. The van der Waals surface area contributed by atoms with Crippen LogP contribution in [0.2, 0.25) is 0 Å². The van der Waals surface area contributed by atoms with E-state index in [1.165, 1.54) is 16.0 Å². The largest absolute Gasteiger partial charge is 0.293 e. The van der Waals surface area contributed by atoms with Crippen LogP contribution in [0.3, 0.4) is 0 Å². The molecule has 3 rings (SSSR count). The molecule has 0 fully saturated rings. The zero-order valence-electron chi connectivity index (χ0n) is 11.4. The number of aryl methyl sites for hydroxylation is 2. The summed E-state index contributed by atoms with van der Waals surface area (Å²) in [6.07, 6.45) is 3.27. The molecule has 2 aromatic rings. The van der Waals surface area contributed by atoms with Crippen molar-refractivity contribution in [2.45, 2.75) is 39.0 Å². The number of carbonyl (C=O) groups excluding carboxylic acids is 1. The fourth-order valence-electron chi connectivity index (χ4n) is 2.96. The number of thiophene rings is 1. The highest BCUT2D eigenvalue weighted by atomic mass is 32.1. The van der Waals surface area contributed by atoms with Gasteiger partial charge < -0.3 is 0 Å². The third-order valence-corrected chi connectivity index (χ3v) is 5.24. The summed E-state index contributed by atoms with van der Waals surface area (Å²) in [6, 6.07) is 8.19. The number of hydrogen-bond donors (Lipinski definition) is 0. The lowest BCUT2D eigenvalue weighted by molar-refractivity contribution is 0.0950. The van der Waals surface area contributed by atoms with Crippen LogP contribution in [0.4, 0.5) is 0 Å². The Morgan fingerprint density at radius 1 is 1.26 bits per heavy atom. The van der Waals surface area contributed by atoms with Gasteiger partial charge in [-0.2, -0.15) is 0 Å². The Labute approximate surface area is 118 Å². The van der Waals surface area contributed by atoms with E-state index in [1.54, 1.807) is 11.3 Å². The Morgan fingerprint density at radius 3 is 2.95 bits per heavy atom. The predicted octanol–water partition coefficient (Wildman–Crippen LogP) is 4.67. The van der Waals surface area contributed by atoms with Crippen LogP contribution in [0.25, 0.3) is 0 Å². The number of Topliss-reactive ketones (excluding diaryl/α,β-unsaturated/α-hetero) is 1. The molecule has 2 heteroatoms. The average molecular weight is 270 g/mol. The van der Waals surface area contributed by atoms with Gasteiger partial charge in [0.25, 0.3) is 0 Å². The Bertz CT molecular complexity index is 624. The van der Waals surface area contributed by atoms with Gasteiger partial charge in [-0.3, -0.25) is 4.79 Å². The van der Waals surface area contributed by atoms with E-state index in [0.29, 0.717) is 5.78 Å². The molecule has 1 aromatic heterocycles. The van der Waals surface area contributed by atoms with Crippen molar-refractivity contribution in [1.82, 2.24) is 0 Å². The van der Waals surface area contributed by atoms with Crippen molar-refractivity contribution in [1.29, 1.82) is 0 Å². The van der Waals surface area contributed by atoms with E-state index in [9.17, 15) is 4.79 Å². The normalized spacial score (nSPS) is 18.1. The highest BCUT2D eigenvalue weighted by Crippen LogP contribution is 2.37. The van der Waals surface area contributed by atoms with E-state index in [4.69, 9.17) is 0 Å². The third-order valence-electron chi connectivity index (χ3n) is 4.24. The summed E-state index contributed by atoms with van der Waals surface area (Å²) in [6.45, 7) is 4.13. The molecule has 1 unspecified atom stereocenters. The predicted molar refractivity (Wildman–Crippen MR) is 80.2 cm³/mol. The molecule has 1 heterocycles. The maximum atomic E-state index is 12.8. The molecule has 0 amide bonds. The van der Waals surface area contributed by atoms with Crippen LogP contribution < -0.4 is 0 Å². The van der Waals surface area contributed by atoms with Gasteiger partial charge in [0.15, 0.2) is 5.78 Å². The fourth-order valence-corrected chi connectivity index (χ4v) is 3.95. The van der Waals surface area contributed by atoms with Gasteiger partial charge >= 0.3 is 0 Å². The molecule has 0 spiro atoms. The van der Waals surface area contributed by atoms with E-state index in [0.717, 1.165) is 30.4 Å². The van der Waals surface area contributed by atoms with Gasteiger partial charge in [-0.1, -0.05) is 18.2 Å². The summed E-state index contributed by atoms with van der Waals surface area (Å²) in [5, 5.41) is 2.12. The standard InChI is InChI=1S/C17H18OS/c1-11-5-3-6-13(12(11)2)17(18)15-7-4-8-16-14(15)9-10-19-16/h3,5-6,9-10,15H,4,7-8H2,1-2H3. The van der Waals surface area contributed by atoms with E-state index in [1.807, 2.05) is 12.1 Å². The van der Waals surface area contributed by atoms with Crippen LogP contribution >= 0.6 is 11.3 Å². The lowest BCUT2D eigenvalue weighted by atomic mass is 9.81. The maximum Gasteiger partial charge on any atom is 0.170 e. The number of carbonyl (C=O) groups is 1. The second kappa shape index (κ2) is 4.93. The molecule has 1 aliphatic rings. The second-order valence-electron chi connectivity index (χ2n) is 5.36. The Balaban J connectivity index is 2.00. The smallest absolute Gasteiger partial charge is 0.170 e. The Kier molecular flexibility index (Phi) is 3.28. The molecule has 0 N–H and O–H groups in total. The summed E-state index contributed by atoms with van der Waals surface area (Å²) in [5.41, 5.74) is 4.52. The molecular weight excluding hydrogens is 252 g/mol. The van der Waals surface area contributed by atoms with Gasteiger partial charge in [-0.05, 0) is 61.2 Å². The molecule has 1 aliphatic carbocycles. The minimum Gasteiger partial charge on any atom is -0.293 e. The van der Waals surface area contributed by atoms with Crippen molar-refractivity contribution in [2.24, 2.45) is 0 Å². The van der Waals surface area contributed by atoms with Crippen molar-refractivity contribution in [3.8, 4) is 0 Å². The van der Waals surface area contributed by atoms with Crippen molar-refractivity contribution >= 4 is 17.1 Å². The molecule has 0 bridgehead atoms. The van der Waals surface area contributed by atoms with Gasteiger partial charge in [-0.25, -0.2) is 0 Å². The average Bonchev–Trinajstić information content (AvgIpc) is 2.89. The monoisotopic (exact) mass is 270 g/mol. The molecule has 0 saturated carbocycles. The first-order chi connectivity index (χ1) is 9.18. The highest BCUT2D eigenvalue weighted by Gasteiger charge is 2.28. The zero-order valence-corrected chi connectivity index (χ0v) is 12.2. The van der Waals surface area contributed by atoms with Gasteiger partial charge in [0.1, 0.15) is 0 Å². The lowest BCUT2D eigenvalue weighted by Gasteiger charge is -2.22. The van der Waals surface area contributed by atoms with Crippen LogP contribution in [0.1, 0.15) is 50.7 Å². The summed E-state index contributed by atoms with van der Waals surface area (Å²) in [4.78, 5) is 14.3. The maximum absolute atomic E-state index is 12.8. The van der Waals surface area contributed by atoms with E-state index >= 15 is 0 Å². The second-order valence-corrected chi connectivity index (χ2v) is 6.36. The molecule has 0 saturated heterocycles. The first-order valence-electron chi connectivity index (χ1n) is 6.85. The van der Waals surface area contributed by atoms with Crippen LogP contribution in [-0.2, 0) is 6.42 Å². The SMILES string of the molecule is Cc1cccc(C(=O)C2CCCc3sccc32)c1C. The van der Waals surface area contributed by atoms with Crippen LogP contribution in [0.5, 0.6) is 0 Å². The fraction of sp³-hybridized carbons (Fsp3) is 0.353. The molecule has 0 aliphatic heterocycles. The lowest BCUT2D eigenvalue weighted by Crippen LogP contribution is -2.18. The van der Waals surface area contributed by atoms with Crippen molar-refractivity contribution in [3.05, 3.63) is 56.8 Å². The van der Waals surface area contributed by atoms with Crippen molar-refractivity contribution < 1.29 is 4.79 Å². The molecular formula is C17H18OS. The number of rotatable bonds is 2. The quantitative estimate of drug-likeness (QED) is 0.725. The first-order valence-corrected chi connectivity index (χ1v) is 7.73. The molecule has 98 valence electrons. The zero-order chi connectivity index (χ0) is 13.4.